The summed E-state index contributed by atoms with van der Waals surface area (Å²) in [6.07, 6.45) is 12.9. The van der Waals surface area contributed by atoms with Crippen LogP contribution in [-0.4, -0.2) is 29.3 Å². The molecule has 0 saturated carbocycles. The first-order valence-electron chi connectivity index (χ1n) is 12.0. The van der Waals surface area contributed by atoms with E-state index in [1.807, 2.05) is 24.3 Å². The van der Waals surface area contributed by atoms with Gasteiger partial charge in [-0.15, -0.1) is 0 Å². The SMILES string of the molecule is CCCCCCCCCCOC(=O)Oc1cnc(-c2ccc(OCC(C)CC)cc2)cn1. The van der Waals surface area contributed by atoms with E-state index in [1.54, 1.807) is 6.20 Å². The van der Waals surface area contributed by atoms with Crippen molar-refractivity contribution in [3.05, 3.63) is 36.7 Å². The minimum absolute atomic E-state index is 0.128. The Hall–Kier alpha value is -2.63. The number of nitrogens with zero attached hydrogens (tertiary/aromatic N) is 2. The molecule has 6 heteroatoms. The van der Waals surface area contributed by atoms with Gasteiger partial charge in [-0.2, -0.15) is 0 Å². The van der Waals surface area contributed by atoms with Crippen LogP contribution >= 0.6 is 0 Å². The third-order valence-electron chi connectivity index (χ3n) is 5.42. The van der Waals surface area contributed by atoms with Crippen LogP contribution in [0.1, 0.15) is 78.6 Å². The molecule has 0 aliphatic heterocycles. The van der Waals surface area contributed by atoms with E-state index in [0.717, 1.165) is 30.6 Å². The van der Waals surface area contributed by atoms with Crippen LogP contribution in [0.25, 0.3) is 11.3 Å². The van der Waals surface area contributed by atoms with Crippen molar-refractivity contribution >= 4 is 6.16 Å². The van der Waals surface area contributed by atoms with Crippen molar-refractivity contribution in [1.29, 1.82) is 0 Å². The Bertz CT molecular complexity index is 762. The number of unbranched alkanes of at least 4 members (excludes halogenated alkanes) is 7. The zero-order valence-corrected chi connectivity index (χ0v) is 19.8. The van der Waals surface area contributed by atoms with Gasteiger partial charge in [0.15, 0.2) is 0 Å². The molecule has 1 heterocycles. The maximum Gasteiger partial charge on any atom is 0.515 e. The van der Waals surface area contributed by atoms with E-state index in [2.05, 4.69) is 30.7 Å². The summed E-state index contributed by atoms with van der Waals surface area (Å²) in [7, 11) is 0. The van der Waals surface area contributed by atoms with E-state index in [9.17, 15) is 4.79 Å². The molecule has 1 atom stereocenters. The van der Waals surface area contributed by atoms with Crippen LogP contribution in [0.5, 0.6) is 11.6 Å². The Kier molecular flexibility index (Phi) is 12.2. The molecule has 0 spiro atoms. The smallest absolute Gasteiger partial charge is 0.493 e. The largest absolute Gasteiger partial charge is 0.515 e. The van der Waals surface area contributed by atoms with E-state index < -0.39 is 6.16 Å². The second-order valence-electron chi connectivity index (χ2n) is 8.26. The first-order valence-corrected chi connectivity index (χ1v) is 12.0. The molecule has 176 valence electrons. The lowest BCUT2D eigenvalue weighted by molar-refractivity contribution is 0.0956. The Morgan fingerprint density at radius 1 is 0.906 bits per heavy atom. The Morgan fingerprint density at radius 3 is 2.22 bits per heavy atom. The van der Waals surface area contributed by atoms with Gasteiger partial charge >= 0.3 is 6.16 Å². The highest BCUT2D eigenvalue weighted by Gasteiger charge is 2.09. The fourth-order valence-electron chi connectivity index (χ4n) is 3.10. The van der Waals surface area contributed by atoms with Gasteiger partial charge < -0.3 is 14.2 Å². The molecule has 6 nitrogen and oxygen atoms in total. The quantitative estimate of drug-likeness (QED) is 0.214. The molecule has 1 unspecified atom stereocenters. The average molecular weight is 443 g/mol. The van der Waals surface area contributed by atoms with Crippen LogP contribution in [0.4, 0.5) is 4.79 Å². The van der Waals surface area contributed by atoms with Gasteiger partial charge in [-0.25, -0.2) is 14.8 Å². The Balaban J connectivity index is 1.67. The second-order valence-corrected chi connectivity index (χ2v) is 8.26. The number of hydrogen-bond donors (Lipinski definition) is 0. The van der Waals surface area contributed by atoms with Gasteiger partial charge in [-0.3, -0.25) is 0 Å². The molecule has 0 saturated heterocycles. The molecule has 0 bridgehead atoms. The monoisotopic (exact) mass is 442 g/mol. The minimum atomic E-state index is -0.738. The van der Waals surface area contributed by atoms with Crippen LogP contribution in [0.15, 0.2) is 36.7 Å². The summed E-state index contributed by atoms with van der Waals surface area (Å²) in [6.45, 7) is 7.61. The average Bonchev–Trinajstić information content (AvgIpc) is 2.82. The number of carbonyl (C=O) groups excluding carboxylic acids is 1. The van der Waals surface area contributed by atoms with Crippen molar-refractivity contribution in [3.8, 4) is 22.9 Å². The van der Waals surface area contributed by atoms with Crippen molar-refractivity contribution in [2.45, 2.75) is 78.6 Å². The molecular weight excluding hydrogens is 404 g/mol. The number of ether oxygens (including phenoxy) is 3. The molecule has 0 fully saturated rings. The van der Waals surface area contributed by atoms with Crippen LogP contribution < -0.4 is 9.47 Å². The number of carbonyl (C=O) groups is 1. The standard InChI is InChI=1S/C26H38N2O4/c1-4-6-7-8-9-10-11-12-17-30-26(29)32-25-19-27-24(18-28-25)22-13-15-23(16-14-22)31-20-21(3)5-2/h13-16,18-19,21H,4-12,17,20H2,1-3H3. The molecule has 0 aliphatic rings. The summed E-state index contributed by atoms with van der Waals surface area (Å²) in [5, 5.41) is 0. The zero-order chi connectivity index (χ0) is 23.0. The van der Waals surface area contributed by atoms with Crippen molar-refractivity contribution in [2.24, 2.45) is 5.92 Å². The van der Waals surface area contributed by atoms with Gasteiger partial charge in [0, 0.05) is 5.56 Å². The summed E-state index contributed by atoms with van der Waals surface area (Å²) in [5.41, 5.74) is 1.61. The zero-order valence-electron chi connectivity index (χ0n) is 19.8. The first-order chi connectivity index (χ1) is 15.6. The summed E-state index contributed by atoms with van der Waals surface area (Å²) in [6, 6.07) is 7.72. The molecule has 2 rings (SSSR count). The summed E-state index contributed by atoms with van der Waals surface area (Å²) < 4.78 is 16.0. The molecule has 1 aromatic carbocycles. The lowest BCUT2D eigenvalue weighted by Gasteiger charge is -2.11. The lowest BCUT2D eigenvalue weighted by atomic mass is 10.1. The topological polar surface area (TPSA) is 70.5 Å². The van der Waals surface area contributed by atoms with Gasteiger partial charge in [0.25, 0.3) is 0 Å². The second kappa shape index (κ2) is 15.2. The summed E-state index contributed by atoms with van der Waals surface area (Å²) in [4.78, 5) is 20.3. The molecule has 0 radical (unpaired) electrons. The van der Waals surface area contributed by atoms with Crippen LogP contribution in [0.3, 0.4) is 0 Å². The van der Waals surface area contributed by atoms with E-state index in [1.165, 1.54) is 44.7 Å². The molecule has 2 aromatic rings. The van der Waals surface area contributed by atoms with Gasteiger partial charge in [-0.05, 0) is 36.6 Å². The molecule has 0 N–H and O–H groups in total. The maximum absolute atomic E-state index is 11.8. The van der Waals surface area contributed by atoms with Crippen molar-refractivity contribution in [2.75, 3.05) is 13.2 Å². The highest BCUT2D eigenvalue weighted by atomic mass is 16.7. The normalized spacial score (nSPS) is 11.7. The van der Waals surface area contributed by atoms with E-state index in [4.69, 9.17) is 14.2 Å². The molecule has 0 amide bonds. The predicted molar refractivity (Wildman–Crippen MR) is 127 cm³/mol. The summed E-state index contributed by atoms with van der Waals surface area (Å²) >= 11 is 0. The van der Waals surface area contributed by atoms with Gasteiger partial charge in [0.05, 0.1) is 31.3 Å². The molecule has 0 aliphatic carbocycles. The van der Waals surface area contributed by atoms with E-state index in [-0.39, 0.29) is 5.88 Å². The third-order valence-corrected chi connectivity index (χ3v) is 5.42. The Labute approximate surface area is 192 Å². The van der Waals surface area contributed by atoms with Gasteiger partial charge in [0.2, 0.25) is 5.88 Å². The highest BCUT2D eigenvalue weighted by molar-refractivity contribution is 5.63. The van der Waals surface area contributed by atoms with Crippen molar-refractivity contribution in [3.63, 3.8) is 0 Å². The number of hydrogen-bond acceptors (Lipinski definition) is 6. The molecule has 32 heavy (non-hydrogen) atoms. The fraction of sp³-hybridized carbons (Fsp3) is 0.577. The van der Waals surface area contributed by atoms with Gasteiger partial charge in [0.1, 0.15) is 5.75 Å². The van der Waals surface area contributed by atoms with Gasteiger partial charge in [-0.1, -0.05) is 72.1 Å². The maximum atomic E-state index is 11.8. The van der Waals surface area contributed by atoms with E-state index in [0.29, 0.717) is 24.8 Å². The van der Waals surface area contributed by atoms with Crippen molar-refractivity contribution in [1.82, 2.24) is 9.97 Å². The minimum Gasteiger partial charge on any atom is -0.493 e. The number of aromatic nitrogens is 2. The molecular formula is C26H38N2O4. The Morgan fingerprint density at radius 2 is 1.59 bits per heavy atom. The fourth-order valence-corrected chi connectivity index (χ4v) is 3.10. The highest BCUT2D eigenvalue weighted by Crippen LogP contribution is 2.21. The van der Waals surface area contributed by atoms with Crippen LogP contribution in [-0.2, 0) is 4.74 Å². The molecule has 1 aromatic heterocycles. The predicted octanol–water partition coefficient (Wildman–Crippen LogP) is 7.22. The number of rotatable bonds is 15. The van der Waals surface area contributed by atoms with Crippen LogP contribution in [0, 0.1) is 5.92 Å². The van der Waals surface area contributed by atoms with Crippen molar-refractivity contribution < 1.29 is 19.0 Å². The van der Waals surface area contributed by atoms with Crippen LogP contribution in [0.2, 0.25) is 0 Å². The number of benzene rings is 1. The summed E-state index contributed by atoms with van der Waals surface area (Å²) in [5.74, 6) is 1.49. The third kappa shape index (κ3) is 10.1. The first kappa shape index (κ1) is 25.6. The van der Waals surface area contributed by atoms with E-state index >= 15 is 0 Å². The lowest BCUT2D eigenvalue weighted by Crippen LogP contribution is -2.12.